The van der Waals surface area contributed by atoms with E-state index in [1.54, 1.807) is 6.92 Å². The van der Waals surface area contributed by atoms with E-state index in [4.69, 9.17) is 19.9 Å². The van der Waals surface area contributed by atoms with Gasteiger partial charge < -0.3 is 19.9 Å². The van der Waals surface area contributed by atoms with Crippen molar-refractivity contribution in [2.75, 3.05) is 5.73 Å². The van der Waals surface area contributed by atoms with Gasteiger partial charge in [0, 0.05) is 20.0 Å². The molecule has 1 fully saturated rings. The summed E-state index contributed by atoms with van der Waals surface area (Å²) in [6.45, 7) is 4.12. The molecular formula is C13H16IN3O6. The number of anilines is 1. The Balaban J connectivity index is 2.43. The molecule has 0 aromatic carbocycles. The van der Waals surface area contributed by atoms with E-state index in [0.717, 1.165) is 0 Å². The van der Waals surface area contributed by atoms with E-state index in [0.29, 0.717) is 3.57 Å². The van der Waals surface area contributed by atoms with E-state index in [1.807, 2.05) is 22.6 Å². The van der Waals surface area contributed by atoms with Gasteiger partial charge in [-0.2, -0.15) is 4.98 Å². The van der Waals surface area contributed by atoms with Gasteiger partial charge in [-0.05, 0) is 29.5 Å². The zero-order valence-corrected chi connectivity index (χ0v) is 14.8. The van der Waals surface area contributed by atoms with Crippen molar-refractivity contribution in [2.24, 2.45) is 0 Å². The van der Waals surface area contributed by atoms with E-state index >= 15 is 0 Å². The molecular weight excluding hydrogens is 421 g/mol. The van der Waals surface area contributed by atoms with Crippen LogP contribution in [0.1, 0.15) is 27.0 Å². The van der Waals surface area contributed by atoms with Crippen LogP contribution in [0.4, 0.5) is 5.82 Å². The van der Waals surface area contributed by atoms with E-state index in [9.17, 15) is 14.4 Å². The summed E-state index contributed by atoms with van der Waals surface area (Å²) >= 11 is 1.92. The minimum Gasteiger partial charge on any atom is -0.456 e. The third-order valence-electron chi connectivity index (χ3n) is 3.23. The number of nitrogen functional groups attached to an aromatic ring is 1. The van der Waals surface area contributed by atoms with Crippen molar-refractivity contribution in [2.45, 2.75) is 45.3 Å². The van der Waals surface area contributed by atoms with Crippen LogP contribution in [0.3, 0.4) is 0 Å². The largest absolute Gasteiger partial charge is 0.456 e. The Bertz CT molecular complexity index is 691. The van der Waals surface area contributed by atoms with Crippen molar-refractivity contribution >= 4 is 40.3 Å². The van der Waals surface area contributed by atoms with Gasteiger partial charge in [0.1, 0.15) is 5.82 Å². The molecule has 2 N–H and O–H groups in total. The lowest BCUT2D eigenvalue weighted by Crippen LogP contribution is -2.40. The highest BCUT2D eigenvalue weighted by atomic mass is 127. The molecule has 0 bridgehead atoms. The molecule has 0 aliphatic carbocycles. The summed E-state index contributed by atoms with van der Waals surface area (Å²) in [6, 6.07) is 0. The maximum atomic E-state index is 12.1. The molecule has 2 rings (SSSR count). The summed E-state index contributed by atoms with van der Waals surface area (Å²) in [5, 5.41) is 0. The Morgan fingerprint density at radius 3 is 2.43 bits per heavy atom. The Morgan fingerprint density at radius 1 is 1.30 bits per heavy atom. The molecule has 1 aliphatic heterocycles. The monoisotopic (exact) mass is 437 g/mol. The number of nitrogens with zero attached hydrogens (tertiary/aromatic N) is 2. The highest BCUT2D eigenvalue weighted by molar-refractivity contribution is 14.1. The minimum atomic E-state index is -0.967. The van der Waals surface area contributed by atoms with Gasteiger partial charge in [-0.1, -0.05) is 0 Å². The predicted octanol–water partition coefficient (Wildman–Crippen LogP) is 0.211. The molecule has 1 aromatic rings. The van der Waals surface area contributed by atoms with Gasteiger partial charge in [0.05, 0.1) is 9.67 Å². The Morgan fingerprint density at radius 2 is 1.87 bits per heavy atom. The fourth-order valence-corrected chi connectivity index (χ4v) is 2.76. The van der Waals surface area contributed by atoms with Crippen molar-refractivity contribution in [3.05, 3.63) is 20.3 Å². The van der Waals surface area contributed by atoms with Crippen LogP contribution in [0.15, 0.2) is 11.0 Å². The molecule has 0 saturated carbocycles. The number of hydrogen-bond acceptors (Lipinski definition) is 8. The van der Waals surface area contributed by atoms with E-state index in [1.165, 1.54) is 24.6 Å². The molecule has 2 unspecified atom stereocenters. The van der Waals surface area contributed by atoms with Crippen LogP contribution >= 0.6 is 22.6 Å². The summed E-state index contributed by atoms with van der Waals surface area (Å²) in [7, 11) is 0. The number of nitrogens with two attached hydrogens (primary N) is 1. The first-order valence-corrected chi connectivity index (χ1v) is 7.82. The van der Waals surface area contributed by atoms with Crippen LogP contribution < -0.4 is 11.4 Å². The van der Waals surface area contributed by atoms with Crippen molar-refractivity contribution < 1.29 is 23.8 Å². The van der Waals surface area contributed by atoms with Gasteiger partial charge in [-0.3, -0.25) is 14.2 Å². The minimum absolute atomic E-state index is 0.0958. The Labute approximate surface area is 145 Å². The SMILES string of the molecule is CC(=O)OC1C(OC(C)=O)[C@@H](C)O[C@H]1n1cc(I)c(N)nc1=O. The van der Waals surface area contributed by atoms with Crippen LogP contribution in [0, 0.1) is 3.57 Å². The first-order valence-electron chi connectivity index (χ1n) is 6.74. The second-order valence-corrected chi connectivity index (χ2v) is 6.21. The van der Waals surface area contributed by atoms with E-state index < -0.39 is 42.2 Å². The van der Waals surface area contributed by atoms with Gasteiger partial charge in [-0.15, -0.1) is 0 Å². The third kappa shape index (κ3) is 3.80. The highest BCUT2D eigenvalue weighted by Crippen LogP contribution is 2.33. The number of carbonyl (C=O) groups excluding carboxylic acids is 2. The molecule has 4 atom stereocenters. The van der Waals surface area contributed by atoms with Gasteiger partial charge in [0.25, 0.3) is 0 Å². The van der Waals surface area contributed by atoms with Crippen molar-refractivity contribution in [3.63, 3.8) is 0 Å². The summed E-state index contributed by atoms with van der Waals surface area (Å²) < 4.78 is 17.8. The maximum absolute atomic E-state index is 12.1. The van der Waals surface area contributed by atoms with Crippen LogP contribution in [0.5, 0.6) is 0 Å². The van der Waals surface area contributed by atoms with Crippen LogP contribution in [-0.4, -0.2) is 39.8 Å². The van der Waals surface area contributed by atoms with Gasteiger partial charge in [0.15, 0.2) is 18.4 Å². The summed E-state index contributed by atoms with van der Waals surface area (Å²) in [5.74, 6) is -1.03. The van der Waals surface area contributed by atoms with Crippen LogP contribution in [0.2, 0.25) is 0 Å². The first kappa shape index (κ1) is 17.7. The number of ether oxygens (including phenoxy) is 3. The number of aromatic nitrogens is 2. The molecule has 9 nitrogen and oxygen atoms in total. The lowest BCUT2D eigenvalue weighted by molar-refractivity contribution is -0.165. The second kappa shape index (κ2) is 6.83. The lowest BCUT2D eigenvalue weighted by atomic mass is 10.1. The third-order valence-corrected chi connectivity index (χ3v) is 4.07. The number of esters is 2. The molecule has 10 heteroatoms. The van der Waals surface area contributed by atoms with Gasteiger partial charge in [0.2, 0.25) is 0 Å². The number of halogens is 1. The standard InChI is InChI=1S/C13H16IN3O6/c1-5-9(22-6(2)18)10(23-7(3)19)12(21-5)17-4-8(14)11(15)16-13(17)20/h4-5,9-10,12H,1-3H3,(H2,15,16,20)/t5-,9?,10?,12-/m1/s1. The molecule has 0 amide bonds. The molecule has 1 saturated heterocycles. The Kier molecular flexibility index (Phi) is 5.24. The van der Waals surface area contributed by atoms with Gasteiger partial charge >= 0.3 is 17.6 Å². The van der Waals surface area contributed by atoms with Gasteiger partial charge in [-0.25, -0.2) is 4.79 Å². The second-order valence-electron chi connectivity index (χ2n) is 5.04. The van der Waals surface area contributed by atoms with Crippen molar-refractivity contribution in [1.82, 2.24) is 9.55 Å². The zero-order chi connectivity index (χ0) is 17.3. The predicted molar refractivity (Wildman–Crippen MR) is 86.3 cm³/mol. The van der Waals surface area contributed by atoms with Crippen LogP contribution in [0.25, 0.3) is 0 Å². The first-order chi connectivity index (χ1) is 10.7. The normalized spacial score (nSPS) is 26.8. The fourth-order valence-electron chi connectivity index (χ4n) is 2.34. The van der Waals surface area contributed by atoms with Crippen molar-refractivity contribution in [3.8, 4) is 0 Å². The number of carbonyl (C=O) groups is 2. The molecule has 0 spiro atoms. The van der Waals surface area contributed by atoms with E-state index in [-0.39, 0.29) is 5.82 Å². The topological polar surface area (TPSA) is 123 Å². The lowest BCUT2D eigenvalue weighted by Gasteiger charge is -2.23. The molecule has 126 valence electrons. The average molecular weight is 437 g/mol. The number of rotatable bonds is 3. The van der Waals surface area contributed by atoms with Crippen molar-refractivity contribution in [1.29, 1.82) is 0 Å². The summed E-state index contributed by atoms with van der Waals surface area (Å²) in [5.41, 5.74) is 4.94. The molecule has 1 aromatic heterocycles. The summed E-state index contributed by atoms with van der Waals surface area (Å²) in [4.78, 5) is 38.4. The van der Waals surface area contributed by atoms with Crippen LogP contribution in [-0.2, 0) is 23.8 Å². The fraction of sp³-hybridized carbons (Fsp3) is 0.538. The Hall–Kier alpha value is -1.69. The van der Waals surface area contributed by atoms with E-state index in [2.05, 4.69) is 4.98 Å². The number of hydrogen-bond donors (Lipinski definition) is 1. The highest BCUT2D eigenvalue weighted by Gasteiger charge is 2.48. The molecule has 1 aliphatic rings. The maximum Gasteiger partial charge on any atom is 0.351 e. The molecule has 2 heterocycles. The zero-order valence-electron chi connectivity index (χ0n) is 12.7. The molecule has 0 radical (unpaired) electrons. The summed E-state index contributed by atoms with van der Waals surface area (Å²) in [6.07, 6.45) is -1.88. The smallest absolute Gasteiger partial charge is 0.351 e. The molecule has 23 heavy (non-hydrogen) atoms. The quantitative estimate of drug-likeness (QED) is 0.526. The average Bonchev–Trinajstić information content (AvgIpc) is 2.70.